The minimum Gasteiger partial charge on any atom is -0.493 e. The maximum Gasteiger partial charge on any atom is 0.322 e. The van der Waals surface area contributed by atoms with Crippen LogP contribution in [0.15, 0.2) is 41.1 Å². The van der Waals surface area contributed by atoms with Gasteiger partial charge in [0, 0.05) is 29.9 Å². The molecule has 4 heterocycles. The predicted octanol–water partition coefficient (Wildman–Crippen LogP) is 1.54. The number of nitrogens with one attached hydrogen (secondary N) is 2. The molecular formula is C21H18N4O6. The van der Waals surface area contributed by atoms with Crippen molar-refractivity contribution in [3.05, 3.63) is 53.5 Å². The molecule has 31 heavy (non-hydrogen) atoms. The Kier molecular flexibility index (Phi) is 4.10. The van der Waals surface area contributed by atoms with Crippen molar-refractivity contribution in [2.24, 2.45) is 0 Å². The lowest BCUT2D eigenvalue weighted by molar-refractivity contribution is -0.125. The van der Waals surface area contributed by atoms with Gasteiger partial charge in [0.1, 0.15) is 11.3 Å². The molecule has 1 atom stereocenters. The van der Waals surface area contributed by atoms with Gasteiger partial charge in [0.15, 0.2) is 17.0 Å². The van der Waals surface area contributed by atoms with Crippen LogP contribution in [0.2, 0.25) is 0 Å². The largest absolute Gasteiger partial charge is 0.493 e. The van der Waals surface area contributed by atoms with Gasteiger partial charge in [-0.15, -0.1) is 0 Å². The summed E-state index contributed by atoms with van der Waals surface area (Å²) in [5, 5.41) is 5.59. The van der Waals surface area contributed by atoms with E-state index < -0.39 is 17.5 Å². The second kappa shape index (κ2) is 6.73. The Morgan fingerprint density at radius 2 is 1.94 bits per heavy atom. The average molecular weight is 422 g/mol. The van der Waals surface area contributed by atoms with Crippen LogP contribution in [0, 0.1) is 0 Å². The topological polar surface area (TPSA) is 123 Å². The monoisotopic (exact) mass is 422 g/mol. The Labute approximate surface area is 176 Å². The number of ether oxygens (including phenoxy) is 2. The minimum atomic E-state index is -1.57. The number of amides is 4. The van der Waals surface area contributed by atoms with Crippen LogP contribution in [0.5, 0.6) is 11.5 Å². The zero-order valence-corrected chi connectivity index (χ0v) is 16.7. The van der Waals surface area contributed by atoms with Crippen molar-refractivity contribution in [2.75, 3.05) is 20.8 Å². The van der Waals surface area contributed by atoms with E-state index in [1.54, 1.807) is 36.7 Å². The van der Waals surface area contributed by atoms with Crippen LogP contribution in [0.3, 0.4) is 0 Å². The van der Waals surface area contributed by atoms with Crippen LogP contribution >= 0.6 is 0 Å². The number of carbonyl (C=O) groups is 3. The van der Waals surface area contributed by atoms with E-state index in [-0.39, 0.29) is 24.8 Å². The molecule has 1 unspecified atom stereocenters. The van der Waals surface area contributed by atoms with E-state index in [0.717, 1.165) is 5.56 Å². The molecule has 158 valence electrons. The first kappa shape index (κ1) is 18.9. The second-order valence-corrected chi connectivity index (χ2v) is 7.36. The Balaban J connectivity index is 1.54. The van der Waals surface area contributed by atoms with Gasteiger partial charge in [-0.1, -0.05) is 0 Å². The van der Waals surface area contributed by atoms with Crippen LogP contribution in [-0.2, 0) is 16.9 Å². The maximum absolute atomic E-state index is 13.1. The van der Waals surface area contributed by atoms with E-state index in [1.807, 2.05) is 0 Å². The van der Waals surface area contributed by atoms with Gasteiger partial charge in [-0.3, -0.25) is 19.9 Å². The molecule has 1 saturated heterocycles. The Morgan fingerprint density at radius 1 is 1.16 bits per heavy atom. The molecule has 1 aromatic carbocycles. The van der Waals surface area contributed by atoms with Crippen LogP contribution < -0.4 is 20.1 Å². The normalized spacial score (nSPS) is 20.1. The van der Waals surface area contributed by atoms with E-state index in [0.29, 0.717) is 28.0 Å². The first-order valence-electron chi connectivity index (χ1n) is 9.47. The summed E-state index contributed by atoms with van der Waals surface area (Å²) in [5.74, 6) is 0.272. The smallest absolute Gasteiger partial charge is 0.322 e. The molecule has 2 aliphatic rings. The molecule has 3 aromatic rings. The highest BCUT2D eigenvalue weighted by Gasteiger charge is 2.53. The SMILES string of the molecule is COc1cc2c(cc1OC)C(=O)N(CC1(c3cc4cnccc4o3)NC(=O)NC1=O)C2. The van der Waals surface area contributed by atoms with Crippen LogP contribution in [0.1, 0.15) is 21.7 Å². The van der Waals surface area contributed by atoms with Gasteiger partial charge in [0.2, 0.25) is 0 Å². The molecule has 0 bridgehead atoms. The number of urea groups is 1. The summed E-state index contributed by atoms with van der Waals surface area (Å²) in [6.45, 7) is 0.122. The lowest BCUT2D eigenvalue weighted by Crippen LogP contribution is -2.52. The molecule has 10 nitrogen and oxygen atoms in total. The standard InChI is InChI=1S/C21H18N4O6/c1-29-15-5-12-9-25(18(26)13(12)7-16(15)30-2)10-21(19(27)23-20(28)24-21)17-6-11-8-22-4-3-14(11)31-17/h3-8H,9-10H2,1-2H3,(H2,23,24,27,28). The summed E-state index contributed by atoms with van der Waals surface area (Å²) in [6.07, 6.45) is 3.16. The van der Waals surface area contributed by atoms with Crippen LogP contribution in [0.25, 0.3) is 11.0 Å². The number of imide groups is 1. The number of pyridine rings is 1. The maximum atomic E-state index is 13.1. The molecule has 0 aliphatic carbocycles. The summed E-state index contributed by atoms with van der Waals surface area (Å²) >= 11 is 0. The van der Waals surface area contributed by atoms with Crippen molar-refractivity contribution < 1.29 is 28.3 Å². The van der Waals surface area contributed by atoms with Gasteiger partial charge in [-0.05, 0) is 29.8 Å². The molecule has 0 spiro atoms. The van der Waals surface area contributed by atoms with Crippen LogP contribution in [0.4, 0.5) is 4.79 Å². The van der Waals surface area contributed by atoms with Crippen molar-refractivity contribution >= 4 is 28.8 Å². The molecule has 4 amide bonds. The third kappa shape index (κ3) is 2.79. The quantitative estimate of drug-likeness (QED) is 0.598. The number of nitrogens with zero attached hydrogens (tertiary/aromatic N) is 2. The van der Waals surface area contributed by atoms with Crippen molar-refractivity contribution in [3.63, 3.8) is 0 Å². The first-order valence-corrected chi connectivity index (χ1v) is 9.47. The highest BCUT2D eigenvalue weighted by Crippen LogP contribution is 2.37. The molecule has 2 aromatic heterocycles. The summed E-state index contributed by atoms with van der Waals surface area (Å²) in [6, 6.07) is 6.00. The second-order valence-electron chi connectivity index (χ2n) is 7.36. The number of hydrogen-bond donors (Lipinski definition) is 2. The Hall–Kier alpha value is -4.08. The van der Waals surface area contributed by atoms with Gasteiger partial charge in [-0.2, -0.15) is 0 Å². The number of rotatable bonds is 5. The van der Waals surface area contributed by atoms with E-state index in [1.165, 1.54) is 19.1 Å². The molecule has 1 fully saturated rings. The third-order valence-corrected chi connectivity index (χ3v) is 5.60. The molecule has 2 N–H and O–H groups in total. The van der Waals surface area contributed by atoms with E-state index in [4.69, 9.17) is 13.9 Å². The molecule has 5 rings (SSSR count). The number of fused-ring (bicyclic) bond motifs is 2. The lowest BCUT2D eigenvalue weighted by Gasteiger charge is -2.29. The molecule has 2 aliphatic heterocycles. The first-order chi connectivity index (χ1) is 14.9. The van der Waals surface area contributed by atoms with E-state index in [9.17, 15) is 14.4 Å². The van der Waals surface area contributed by atoms with Crippen molar-refractivity contribution in [2.45, 2.75) is 12.1 Å². The van der Waals surface area contributed by atoms with E-state index in [2.05, 4.69) is 15.6 Å². The van der Waals surface area contributed by atoms with Crippen molar-refractivity contribution in [1.82, 2.24) is 20.5 Å². The number of hydrogen-bond acceptors (Lipinski definition) is 7. The Morgan fingerprint density at radius 3 is 2.61 bits per heavy atom. The van der Waals surface area contributed by atoms with Crippen molar-refractivity contribution in [3.8, 4) is 11.5 Å². The predicted molar refractivity (Wildman–Crippen MR) is 107 cm³/mol. The van der Waals surface area contributed by atoms with Gasteiger partial charge in [0.05, 0.1) is 20.8 Å². The minimum absolute atomic E-state index is 0.115. The van der Waals surface area contributed by atoms with Gasteiger partial charge >= 0.3 is 6.03 Å². The summed E-state index contributed by atoms with van der Waals surface area (Å²) in [4.78, 5) is 43.6. The highest BCUT2D eigenvalue weighted by atomic mass is 16.5. The third-order valence-electron chi connectivity index (χ3n) is 5.60. The molecule has 0 saturated carbocycles. The fourth-order valence-electron chi connectivity index (χ4n) is 4.06. The number of benzene rings is 1. The number of methoxy groups -OCH3 is 2. The molecule has 0 radical (unpaired) electrons. The van der Waals surface area contributed by atoms with Gasteiger partial charge < -0.3 is 24.1 Å². The Bertz CT molecular complexity index is 1220. The number of furan rings is 1. The zero-order valence-electron chi connectivity index (χ0n) is 16.7. The van der Waals surface area contributed by atoms with Crippen molar-refractivity contribution in [1.29, 1.82) is 0 Å². The molecule has 10 heteroatoms. The fourth-order valence-corrected chi connectivity index (χ4v) is 4.06. The number of aromatic nitrogens is 1. The fraction of sp³-hybridized carbons (Fsp3) is 0.238. The van der Waals surface area contributed by atoms with Crippen LogP contribution in [-0.4, -0.2) is 48.5 Å². The zero-order chi connectivity index (χ0) is 21.8. The lowest BCUT2D eigenvalue weighted by atomic mass is 9.95. The van der Waals surface area contributed by atoms with Gasteiger partial charge in [-0.25, -0.2) is 4.79 Å². The molecular weight excluding hydrogens is 404 g/mol. The summed E-state index contributed by atoms with van der Waals surface area (Å²) < 4.78 is 16.5. The number of carbonyl (C=O) groups excluding carboxylic acids is 3. The van der Waals surface area contributed by atoms with E-state index >= 15 is 0 Å². The average Bonchev–Trinajstić information content (AvgIpc) is 3.41. The summed E-state index contributed by atoms with van der Waals surface area (Å²) in [7, 11) is 3.01. The highest BCUT2D eigenvalue weighted by molar-refractivity contribution is 6.08. The summed E-state index contributed by atoms with van der Waals surface area (Å²) in [5.41, 5.74) is 0.133. The van der Waals surface area contributed by atoms with Gasteiger partial charge in [0.25, 0.3) is 11.8 Å².